The summed E-state index contributed by atoms with van der Waals surface area (Å²) >= 11 is 0. The average Bonchev–Trinajstić information content (AvgIpc) is 3.27. The van der Waals surface area contributed by atoms with E-state index >= 15 is 0 Å². The van der Waals surface area contributed by atoms with Gasteiger partial charge in [0.05, 0.1) is 11.8 Å². The Balaban J connectivity index is 1.83. The van der Waals surface area contributed by atoms with Gasteiger partial charge in [0, 0.05) is 24.8 Å². The predicted molar refractivity (Wildman–Crippen MR) is 84.3 cm³/mol. The molecule has 2 unspecified atom stereocenters. The van der Waals surface area contributed by atoms with Gasteiger partial charge in [0.1, 0.15) is 0 Å². The van der Waals surface area contributed by atoms with Crippen LogP contribution in [-0.4, -0.2) is 24.3 Å². The number of carbonyl (C=O) groups is 3. The van der Waals surface area contributed by atoms with Crippen molar-refractivity contribution in [3.63, 3.8) is 0 Å². The Bertz CT molecular complexity index is 569. The van der Waals surface area contributed by atoms with Crippen LogP contribution in [0.25, 0.3) is 0 Å². The normalized spacial score (nSPS) is 19.2. The fraction of sp³-hybridized carbons (Fsp3) is 0.438. The summed E-state index contributed by atoms with van der Waals surface area (Å²) in [5.41, 5.74) is 1.33. The zero-order chi connectivity index (χ0) is 16.1. The standard InChI is InChI=1S/C16H21N3O3/c1-3-8-17-15(21)13-9-14(13)16(22)19-12-6-4-11(5-7-12)18-10(2)20/h4-7,13-14H,3,8-9H2,1-2H3,(H,17,21)(H,18,20)(H,19,22). The van der Waals surface area contributed by atoms with Gasteiger partial charge in [-0.1, -0.05) is 6.92 Å². The van der Waals surface area contributed by atoms with E-state index in [1.54, 1.807) is 24.3 Å². The fourth-order valence-corrected chi connectivity index (χ4v) is 2.23. The highest BCUT2D eigenvalue weighted by Crippen LogP contribution is 2.39. The summed E-state index contributed by atoms with van der Waals surface area (Å²) in [4.78, 5) is 34.7. The lowest BCUT2D eigenvalue weighted by Crippen LogP contribution is -2.27. The van der Waals surface area contributed by atoms with Crippen molar-refractivity contribution < 1.29 is 14.4 Å². The topological polar surface area (TPSA) is 87.3 Å². The molecule has 118 valence electrons. The van der Waals surface area contributed by atoms with Crippen molar-refractivity contribution in [2.24, 2.45) is 11.8 Å². The second-order valence-electron chi connectivity index (χ2n) is 5.49. The molecule has 22 heavy (non-hydrogen) atoms. The van der Waals surface area contributed by atoms with E-state index in [-0.39, 0.29) is 29.6 Å². The minimum absolute atomic E-state index is 0.0389. The van der Waals surface area contributed by atoms with E-state index in [0.717, 1.165) is 6.42 Å². The molecule has 1 saturated carbocycles. The van der Waals surface area contributed by atoms with Gasteiger partial charge in [0.25, 0.3) is 0 Å². The molecule has 1 aromatic carbocycles. The number of anilines is 2. The van der Waals surface area contributed by atoms with E-state index < -0.39 is 0 Å². The van der Waals surface area contributed by atoms with Gasteiger partial charge in [0.15, 0.2) is 0 Å². The van der Waals surface area contributed by atoms with Gasteiger partial charge in [-0.2, -0.15) is 0 Å². The van der Waals surface area contributed by atoms with Crippen molar-refractivity contribution in [3.8, 4) is 0 Å². The second kappa shape index (κ2) is 7.06. The molecule has 0 heterocycles. The number of rotatable bonds is 6. The smallest absolute Gasteiger partial charge is 0.228 e. The van der Waals surface area contributed by atoms with Crippen molar-refractivity contribution in [2.45, 2.75) is 26.7 Å². The third-order valence-electron chi connectivity index (χ3n) is 3.49. The molecule has 0 aliphatic heterocycles. The Morgan fingerprint density at radius 1 is 1.00 bits per heavy atom. The summed E-state index contributed by atoms with van der Waals surface area (Å²) in [6.45, 7) is 4.07. The molecule has 3 N–H and O–H groups in total. The number of carbonyl (C=O) groups excluding carboxylic acids is 3. The summed E-state index contributed by atoms with van der Waals surface area (Å²) in [5, 5.41) is 8.26. The van der Waals surface area contributed by atoms with Crippen LogP contribution in [0.4, 0.5) is 11.4 Å². The predicted octanol–water partition coefficient (Wildman–Crippen LogP) is 1.75. The van der Waals surface area contributed by atoms with Gasteiger partial charge in [-0.3, -0.25) is 14.4 Å². The van der Waals surface area contributed by atoms with Crippen LogP contribution >= 0.6 is 0 Å². The zero-order valence-electron chi connectivity index (χ0n) is 12.8. The van der Waals surface area contributed by atoms with Gasteiger partial charge >= 0.3 is 0 Å². The average molecular weight is 303 g/mol. The first-order valence-corrected chi connectivity index (χ1v) is 7.47. The second-order valence-corrected chi connectivity index (χ2v) is 5.49. The fourth-order valence-electron chi connectivity index (χ4n) is 2.23. The van der Waals surface area contributed by atoms with Crippen LogP contribution < -0.4 is 16.0 Å². The quantitative estimate of drug-likeness (QED) is 0.748. The largest absolute Gasteiger partial charge is 0.356 e. The zero-order valence-corrected chi connectivity index (χ0v) is 12.8. The summed E-state index contributed by atoms with van der Waals surface area (Å²) in [7, 11) is 0. The molecule has 0 bridgehead atoms. The Morgan fingerprint density at radius 2 is 1.55 bits per heavy atom. The molecule has 1 aliphatic carbocycles. The third-order valence-corrected chi connectivity index (χ3v) is 3.49. The highest BCUT2D eigenvalue weighted by molar-refractivity contribution is 5.99. The molecule has 1 aliphatic rings. The molecule has 2 atom stereocenters. The van der Waals surface area contributed by atoms with Crippen LogP contribution in [0.5, 0.6) is 0 Å². The van der Waals surface area contributed by atoms with E-state index in [2.05, 4.69) is 16.0 Å². The molecule has 0 spiro atoms. The molecule has 0 saturated heterocycles. The van der Waals surface area contributed by atoms with Crippen molar-refractivity contribution in [1.82, 2.24) is 5.32 Å². The number of benzene rings is 1. The van der Waals surface area contributed by atoms with E-state index in [0.29, 0.717) is 24.3 Å². The van der Waals surface area contributed by atoms with Crippen LogP contribution in [0.1, 0.15) is 26.7 Å². The maximum absolute atomic E-state index is 12.1. The van der Waals surface area contributed by atoms with Crippen molar-refractivity contribution in [3.05, 3.63) is 24.3 Å². The van der Waals surface area contributed by atoms with E-state index in [4.69, 9.17) is 0 Å². The minimum atomic E-state index is -0.244. The minimum Gasteiger partial charge on any atom is -0.356 e. The van der Waals surface area contributed by atoms with Crippen LogP contribution in [0.3, 0.4) is 0 Å². The Kier molecular flexibility index (Phi) is 5.14. The molecular weight excluding hydrogens is 282 g/mol. The van der Waals surface area contributed by atoms with Crippen molar-refractivity contribution >= 4 is 29.1 Å². The molecule has 1 fully saturated rings. The maximum Gasteiger partial charge on any atom is 0.228 e. The Morgan fingerprint density at radius 3 is 2.09 bits per heavy atom. The summed E-state index contributed by atoms with van der Waals surface area (Å²) in [6.07, 6.45) is 1.49. The van der Waals surface area contributed by atoms with Gasteiger partial charge < -0.3 is 16.0 Å². The third kappa shape index (κ3) is 4.31. The lowest BCUT2D eigenvalue weighted by atomic mass is 10.2. The van der Waals surface area contributed by atoms with Gasteiger partial charge in [-0.15, -0.1) is 0 Å². The molecule has 0 aromatic heterocycles. The lowest BCUT2D eigenvalue weighted by Gasteiger charge is -2.07. The Labute approximate surface area is 129 Å². The number of amides is 3. The van der Waals surface area contributed by atoms with Gasteiger partial charge in [-0.05, 0) is 37.1 Å². The van der Waals surface area contributed by atoms with Crippen molar-refractivity contribution in [1.29, 1.82) is 0 Å². The summed E-state index contributed by atoms with van der Waals surface area (Å²) < 4.78 is 0. The number of hydrogen-bond acceptors (Lipinski definition) is 3. The van der Waals surface area contributed by atoms with Crippen LogP contribution in [0, 0.1) is 11.8 Å². The summed E-state index contributed by atoms with van der Waals surface area (Å²) in [6, 6.07) is 6.88. The van der Waals surface area contributed by atoms with Crippen LogP contribution in [-0.2, 0) is 14.4 Å². The molecular formula is C16H21N3O3. The van der Waals surface area contributed by atoms with Gasteiger partial charge in [-0.25, -0.2) is 0 Å². The molecule has 6 nitrogen and oxygen atoms in total. The van der Waals surface area contributed by atoms with E-state index in [1.165, 1.54) is 6.92 Å². The van der Waals surface area contributed by atoms with E-state index in [9.17, 15) is 14.4 Å². The first-order chi connectivity index (χ1) is 10.5. The van der Waals surface area contributed by atoms with Gasteiger partial charge in [0.2, 0.25) is 17.7 Å². The first kappa shape index (κ1) is 16.0. The Hall–Kier alpha value is -2.37. The highest BCUT2D eigenvalue weighted by Gasteiger charge is 2.47. The van der Waals surface area contributed by atoms with Crippen LogP contribution in [0.15, 0.2) is 24.3 Å². The number of hydrogen-bond donors (Lipinski definition) is 3. The molecule has 0 radical (unpaired) electrons. The van der Waals surface area contributed by atoms with E-state index in [1.807, 2.05) is 6.92 Å². The highest BCUT2D eigenvalue weighted by atomic mass is 16.2. The van der Waals surface area contributed by atoms with Crippen LogP contribution in [0.2, 0.25) is 0 Å². The molecule has 6 heteroatoms. The monoisotopic (exact) mass is 303 g/mol. The first-order valence-electron chi connectivity index (χ1n) is 7.47. The SMILES string of the molecule is CCCNC(=O)C1CC1C(=O)Nc1ccc(NC(C)=O)cc1. The number of nitrogens with one attached hydrogen (secondary N) is 3. The van der Waals surface area contributed by atoms with Crippen molar-refractivity contribution in [2.75, 3.05) is 17.2 Å². The molecule has 1 aromatic rings. The maximum atomic E-state index is 12.1. The lowest BCUT2D eigenvalue weighted by molar-refractivity contribution is -0.125. The molecule has 2 rings (SSSR count). The molecule has 3 amide bonds. The summed E-state index contributed by atoms with van der Waals surface area (Å²) in [5.74, 6) is -0.764.